The number of aliphatic hydroxyl groups is 1. The average molecular weight is 292 g/mol. The van der Waals surface area contributed by atoms with Gasteiger partial charge in [-0.2, -0.15) is 0 Å². The Bertz CT molecular complexity index is 484. The van der Waals surface area contributed by atoms with Crippen LogP contribution in [0.2, 0.25) is 0 Å². The summed E-state index contributed by atoms with van der Waals surface area (Å²) in [5.41, 5.74) is 6.38. The van der Waals surface area contributed by atoms with Gasteiger partial charge in [0.2, 0.25) is 5.91 Å². The van der Waals surface area contributed by atoms with E-state index in [1.54, 1.807) is 7.11 Å². The van der Waals surface area contributed by atoms with Crippen molar-refractivity contribution in [2.45, 2.75) is 31.9 Å². The summed E-state index contributed by atoms with van der Waals surface area (Å²) in [6.45, 7) is 3.88. The van der Waals surface area contributed by atoms with Crippen molar-refractivity contribution >= 4 is 5.91 Å². The molecule has 1 saturated heterocycles. The SMILES string of the molecule is COc1cccc([C@@H](C)N2CCC([C@H](O)C(N)=O)CC2)c1. The predicted molar refractivity (Wildman–Crippen MR) is 80.9 cm³/mol. The van der Waals surface area contributed by atoms with Crippen molar-refractivity contribution in [3.05, 3.63) is 29.8 Å². The topological polar surface area (TPSA) is 75.8 Å². The maximum absolute atomic E-state index is 11.1. The molecule has 5 nitrogen and oxygen atoms in total. The predicted octanol–water partition coefficient (Wildman–Crippen LogP) is 1.31. The molecule has 1 fully saturated rings. The summed E-state index contributed by atoms with van der Waals surface area (Å²) in [6.07, 6.45) is 0.566. The molecule has 1 aromatic rings. The number of methoxy groups -OCH3 is 1. The van der Waals surface area contributed by atoms with Crippen LogP contribution in [0.4, 0.5) is 0 Å². The number of benzene rings is 1. The van der Waals surface area contributed by atoms with Crippen LogP contribution in [0.15, 0.2) is 24.3 Å². The van der Waals surface area contributed by atoms with E-state index in [1.807, 2.05) is 12.1 Å². The molecule has 0 saturated carbocycles. The van der Waals surface area contributed by atoms with Crippen LogP contribution < -0.4 is 10.5 Å². The fourth-order valence-electron chi connectivity index (χ4n) is 2.97. The van der Waals surface area contributed by atoms with E-state index >= 15 is 0 Å². The molecule has 116 valence electrons. The number of nitrogens with two attached hydrogens (primary N) is 1. The molecule has 2 rings (SSSR count). The molecule has 1 heterocycles. The largest absolute Gasteiger partial charge is 0.497 e. The lowest BCUT2D eigenvalue weighted by Gasteiger charge is -2.37. The number of nitrogens with zero attached hydrogens (tertiary/aromatic N) is 1. The van der Waals surface area contributed by atoms with Gasteiger partial charge >= 0.3 is 0 Å². The first-order valence-electron chi connectivity index (χ1n) is 7.38. The number of rotatable bonds is 5. The molecular weight excluding hydrogens is 268 g/mol. The first-order chi connectivity index (χ1) is 10.0. The standard InChI is InChI=1S/C16H24N2O3/c1-11(13-4-3-5-14(10-13)21-2)18-8-6-12(7-9-18)15(19)16(17)20/h3-5,10-12,15,19H,6-9H2,1-2H3,(H2,17,20)/t11-,15+/m1/s1. The van der Waals surface area contributed by atoms with E-state index in [4.69, 9.17) is 10.5 Å². The lowest BCUT2D eigenvalue weighted by atomic mass is 9.89. The van der Waals surface area contributed by atoms with Crippen molar-refractivity contribution in [1.29, 1.82) is 0 Å². The minimum absolute atomic E-state index is 0.0174. The number of piperidine rings is 1. The lowest BCUT2D eigenvalue weighted by Crippen LogP contribution is -2.43. The van der Waals surface area contributed by atoms with E-state index in [2.05, 4.69) is 24.0 Å². The molecule has 21 heavy (non-hydrogen) atoms. The molecular formula is C16H24N2O3. The number of amides is 1. The summed E-state index contributed by atoms with van der Waals surface area (Å²) in [4.78, 5) is 13.4. The fraction of sp³-hybridized carbons (Fsp3) is 0.562. The Morgan fingerprint density at radius 1 is 1.43 bits per heavy atom. The van der Waals surface area contributed by atoms with E-state index in [1.165, 1.54) is 5.56 Å². The monoisotopic (exact) mass is 292 g/mol. The average Bonchev–Trinajstić information content (AvgIpc) is 2.53. The summed E-state index contributed by atoms with van der Waals surface area (Å²) < 4.78 is 5.26. The van der Waals surface area contributed by atoms with Crippen LogP contribution in [0.3, 0.4) is 0 Å². The normalized spacial score (nSPS) is 20.0. The second-order valence-electron chi connectivity index (χ2n) is 5.67. The van der Waals surface area contributed by atoms with Gasteiger partial charge in [-0.25, -0.2) is 0 Å². The fourth-order valence-corrected chi connectivity index (χ4v) is 2.97. The van der Waals surface area contributed by atoms with E-state index in [-0.39, 0.29) is 12.0 Å². The van der Waals surface area contributed by atoms with Crippen molar-refractivity contribution in [2.75, 3.05) is 20.2 Å². The summed E-state index contributed by atoms with van der Waals surface area (Å²) in [5.74, 6) is 0.226. The second-order valence-corrected chi connectivity index (χ2v) is 5.67. The minimum atomic E-state index is -1.01. The van der Waals surface area contributed by atoms with E-state index < -0.39 is 12.0 Å². The zero-order valence-corrected chi connectivity index (χ0v) is 12.7. The van der Waals surface area contributed by atoms with Gasteiger partial charge in [-0.1, -0.05) is 12.1 Å². The van der Waals surface area contributed by atoms with Gasteiger partial charge in [0, 0.05) is 6.04 Å². The number of aliphatic hydroxyl groups excluding tert-OH is 1. The van der Waals surface area contributed by atoms with Gasteiger partial charge < -0.3 is 15.6 Å². The molecule has 1 aromatic carbocycles. The van der Waals surface area contributed by atoms with Gasteiger partial charge in [-0.05, 0) is 56.5 Å². The zero-order valence-electron chi connectivity index (χ0n) is 12.7. The number of primary amides is 1. The maximum atomic E-state index is 11.1. The van der Waals surface area contributed by atoms with Crippen LogP contribution in [0.5, 0.6) is 5.75 Å². The maximum Gasteiger partial charge on any atom is 0.246 e. The first kappa shape index (κ1) is 15.8. The Balaban J connectivity index is 1.96. The van der Waals surface area contributed by atoms with Gasteiger partial charge in [-0.15, -0.1) is 0 Å². The van der Waals surface area contributed by atoms with Crippen molar-refractivity contribution < 1.29 is 14.6 Å². The number of likely N-dealkylation sites (tertiary alicyclic amines) is 1. The van der Waals surface area contributed by atoms with E-state index in [0.717, 1.165) is 31.7 Å². The molecule has 0 aromatic heterocycles. The summed E-state index contributed by atoms with van der Waals surface area (Å²) in [7, 11) is 1.67. The third kappa shape index (κ3) is 3.74. The van der Waals surface area contributed by atoms with Crippen LogP contribution >= 0.6 is 0 Å². The summed E-state index contributed by atoms with van der Waals surface area (Å²) >= 11 is 0. The van der Waals surface area contributed by atoms with Gasteiger partial charge in [-0.3, -0.25) is 9.69 Å². The van der Waals surface area contributed by atoms with E-state index in [0.29, 0.717) is 0 Å². The number of ether oxygens (including phenoxy) is 1. The summed E-state index contributed by atoms with van der Waals surface area (Å²) in [5, 5.41) is 9.75. The highest BCUT2D eigenvalue weighted by atomic mass is 16.5. The Kier molecular flexibility index (Phi) is 5.20. The Hall–Kier alpha value is -1.59. The number of hydrogen-bond donors (Lipinski definition) is 2. The summed E-state index contributed by atoms with van der Waals surface area (Å²) in [6, 6.07) is 8.36. The molecule has 1 aliphatic heterocycles. The lowest BCUT2D eigenvalue weighted by molar-refractivity contribution is -0.129. The molecule has 1 aliphatic rings. The highest BCUT2D eigenvalue weighted by molar-refractivity contribution is 5.78. The molecule has 0 bridgehead atoms. The van der Waals surface area contributed by atoms with Crippen LogP contribution in [0, 0.1) is 5.92 Å². The number of hydrogen-bond acceptors (Lipinski definition) is 4. The Morgan fingerprint density at radius 3 is 2.67 bits per heavy atom. The van der Waals surface area contributed by atoms with Crippen LogP contribution in [0.25, 0.3) is 0 Å². The minimum Gasteiger partial charge on any atom is -0.497 e. The zero-order chi connectivity index (χ0) is 15.4. The third-order valence-electron chi connectivity index (χ3n) is 4.44. The third-order valence-corrected chi connectivity index (χ3v) is 4.44. The smallest absolute Gasteiger partial charge is 0.246 e. The number of carbonyl (C=O) groups excluding carboxylic acids is 1. The van der Waals surface area contributed by atoms with Crippen LogP contribution in [0.1, 0.15) is 31.4 Å². The molecule has 2 atom stereocenters. The van der Waals surface area contributed by atoms with Gasteiger partial charge in [0.25, 0.3) is 0 Å². The Morgan fingerprint density at radius 2 is 2.10 bits per heavy atom. The highest BCUT2D eigenvalue weighted by Gasteiger charge is 2.30. The molecule has 0 radical (unpaired) electrons. The van der Waals surface area contributed by atoms with Crippen molar-refractivity contribution in [2.24, 2.45) is 11.7 Å². The van der Waals surface area contributed by atoms with Crippen molar-refractivity contribution in [3.63, 3.8) is 0 Å². The van der Waals surface area contributed by atoms with Crippen molar-refractivity contribution in [1.82, 2.24) is 4.90 Å². The quantitative estimate of drug-likeness (QED) is 0.858. The van der Waals surface area contributed by atoms with Gasteiger partial charge in [0.1, 0.15) is 11.9 Å². The van der Waals surface area contributed by atoms with E-state index in [9.17, 15) is 9.90 Å². The molecule has 0 unspecified atom stereocenters. The second kappa shape index (κ2) is 6.91. The Labute approximate surface area is 125 Å². The number of carbonyl (C=O) groups is 1. The molecule has 3 N–H and O–H groups in total. The van der Waals surface area contributed by atoms with Crippen LogP contribution in [-0.4, -0.2) is 42.2 Å². The van der Waals surface area contributed by atoms with Crippen molar-refractivity contribution in [3.8, 4) is 5.75 Å². The molecule has 0 spiro atoms. The molecule has 5 heteroatoms. The highest BCUT2D eigenvalue weighted by Crippen LogP contribution is 2.29. The molecule has 0 aliphatic carbocycles. The molecule has 1 amide bonds. The first-order valence-corrected chi connectivity index (χ1v) is 7.38. The van der Waals surface area contributed by atoms with Gasteiger partial charge in [0.15, 0.2) is 0 Å². The van der Waals surface area contributed by atoms with Gasteiger partial charge in [0.05, 0.1) is 7.11 Å². The van der Waals surface area contributed by atoms with Crippen LogP contribution in [-0.2, 0) is 4.79 Å².